The normalized spacial score (nSPS) is 11.7. The fourth-order valence-corrected chi connectivity index (χ4v) is 1.45. The first-order valence-electron chi connectivity index (χ1n) is 5.08. The van der Waals surface area contributed by atoms with Gasteiger partial charge in [0.15, 0.2) is 0 Å². The molecular weight excluding hydrogens is 281 g/mol. The fraction of sp³-hybridized carbons (Fsp3) is 0.500. The zero-order valence-corrected chi connectivity index (χ0v) is 10.7. The number of phosphoric acid groups is 1. The molecule has 0 saturated heterocycles. The second-order valence-corrected chi connectivity index (χ2v) is 4.66. The second-order valence-electron chi connectivity index (χ2n) is 3.42. The lowest BCUT2D eigenvalue weighted by Gasteiger charge is -2.09. The van der Waals surface area contributed by atoms with Crippen molar-refractivity contribution in [1.29, 1.82) is 0 Å². The van der Waals surface area contributed by atoms with Crippen LogP contribution in [0.2, 0.25) is 0 Å². The van der Waals surface area contributed by atoms with E-state index in [0.29, 0.717) is 0 Å². The van der Waals surface area contributed by atoms with Crippen LogP contribution in [0.4, 0.5) is 5.82 Å². The Kier molecular flexibility index (Phi) is 5.60. The topological polar surface area (TPSA) is 157 Å². The quantitative estimate of drug-likeness (QED) is 0.343. The lowest BCUT2D eigenvalue weighted by molar-refractivity contribution is 0.0433. The molecule has 0 spiro atoms. The summed E-state index contributed by atoms with van der Waals surface area (Å²) in [6.07, 6.45) is 1.29. The number of anilines is 1. The Morgan fingerprint density at radius 2 is 2.11 bits per heavy atom. The Balaban J connectivity index is 2.50. The van der Waals surface area contributed by atoms with Gasteiger partial charge in [-0.15, -0.1) is 0 Å². The number of nitrogen functional groups attached to an aromatic ring is 1. The van der Waals surface area contributed by atoms with Gasteiger partial charge in [0.25, 0.3) is 0 Å². The molecule has 1 aromatic heterocycles. The lowest BCUT2D eigenvalue weighted by atomic mass is 10.3. The number of nitrogens with zero attached hydrogens (tertiary/aromatic N) is 2. The number of hydrogen-bond donors (Lipinski definition) is 4. The maximum Gasteiger partial charge on any atom is 0.469 e. The van der Waals surface area contributed by atoms with Crippen LogP contribution in [0.5, 0.6) is 0 Å². The van der Waals surface area contributed by atoms with Gasteiger partial charge in [0.1, 0.15) is 12.5 Å². The molecule has 0 fully saturated rings. The smallest absolute Gasteiger partial charge is 0.391 e. The van der Waals surface area contributed by atoms with E-state index in [-0.39, 0.29) is 37.9 Å². The SMILES string of the molecule is Nc1nc(=O)n(COCCOP(=O)(O)O)cc1CO. The largest absolute Gasteiger partial charge is 0.469 e. The Hall–Kier alpha value is -1.29. The number of aliphatic hydroxyl groups excluding tert-OH is 1. The van der Waals surface area contributed by atoms with E-state index in [9.17, 15) is 9.36 Å². The first-order valence-corrected chi connectivity index (χ1v) is 6.61. The van der Waals surface area contributed by atoms with Gasteiger partial charge in [0, 0.05) is 11.8 Å². The van der Waals surface area contributed by atoms with Gasteiger partial charge in [-0.3, -0.25) is 9.09 Å². The van der Waals surface area contributed by atoms with Crippen LogP contribution >= 0.6 is 7.82 Å². The molecule has 0 aliphatic heterocycles. The van der Waals surface area contributed by atoms with E-state index in [1.165, 1.54) is 6.20 Å². The van der Waals surface area contributed by atoms with Crippen LogP contribution in [0, 0.1) is 0 Å². The van der Waals surface area contributed by atoms with Crippen LogP contribution in [0.3, 0.4) is 0 Å². The minimum Gasteiger partial charge on any atom is -0.391 e. The third-order valence-corrected chi connectivity index (χ3v) is 2.51. The van der Waals surface area contributed by atoms with Crippen LogP contribution < -0.4 is 11.4 Å². The van der Waals surface area contributed by atoms with Crippen LogP contribution in [-0.2, 0) is 27.2 Å². The van der Waals surface area contributed by atoms with Crippen molar-refractivity contribution in [2.75, 3.05) is 18.9 Å². The van der Waals surface area contributed by atoms with Crippen molar-refractivity contribution in [1.82, 2.24) is 9.55 Å². The predicted octanol–water partition coefficient (Wildman–Crippen LogP) is -1.60. The number of ether oxygens (including phenoxy) is 1. The van der Waals surface area contributed by atoms with Crippen molar-refractivity contribution < 1.29 is 28.7 Å². The third kappa shape index (κ3) is 5.47. The molecule has 0 radical (unpaired) electrons. The van der Waals surface area contributed by atoms with Crippen molar-refractivity contribution >= 4 is 13.6 Å². The number of aliphatic hydroxyl groups is 1. The summed E-state index contributed by atoms with van der Waals surface area (Å²) in [5.41, 5.74) is 5.00. The predicted molar refractivity (Wildman–Crippen MR) is 62.8 cm³/mol. The average Bonchev–Trinajstić information content (AvgIpc) is 2.29. The number of rotatable bonds is 7. The van der Waals surface area contributed by atoms with E-state index < -0.39 is 13.5 Å². The van der Waals surface area contributed by atoms with Crippen LogP contribution in [-0.4, -0.2) is 37.7 Å². The van der Waals surface area contributed by atoms with Crippen molar-refractivity contribution in [3.05, 3.63) is 22.2 Å². The van der Waals surface area contributed by atoms with Crippen molar-refractivity contribution in [3.63, 3.8) is 0 Å². The summed E-state index contributed by atoms with van der Waals surface area (Å²) >= 11 is 0. The van der Waals surface area contributed by atoms with Gasteiger partial charge >= 0.3 is 13.5 Å². The van der Waals surface area contributed by atoms with E-state index in [4.69, 9.17) is 25.4 Å². The number of aromatic nitrogens is 2. The van der Waals surface area contributed by atoms with Gasteiger partial charge in [-0.2, -0.15) is 4.98 Å². The molecule has 108 valence electrons. The molecule has 0 atom stereocenters. The lowest BCUT2D eigenvalue weighted by Crippen LogP contribution is -2.26. The van der Waals surface area contributed by atoms with Crippen molar-refractivity contribution in [2.45, 2.75) is 13.3 Å². The molecule has 5 N–H and O–H groups in total. The summed E-state index contributed by atoms with van der Waals surface area (Å²) in [7, 11) is -4.52. The highest BCUT2D eigenvalue weighted by Crippen LogP contribution is 2.35. The Bertz CT molecular complexity index is 526. The van der Waals surface area contributed by atoms with E-state index in [1.54, 1.807) is 0 Å². The van der Waals surface area contributed by atoms with Crippen molar-refractivity contribution in [3.8, 4) is 0 Å². The molecule has 1 heterocycles. The molecule has 0 aliphatic rings. The van der Waals surface area contributed by atoms with E-state index in [0.717, 1.165) is 4.57 Å². The Morgan fingerprint density at radius 3 is 2.68 bits per heavy atom. The minimum atomic E-state index is -4.52. The maximum atomic E-state index is 11.4. The fourth-order valence-electron chi connectivity index (χ4n) is 1.14. The highest BCUT2D eigenvalue weighted by molar-refractivity contribution is 7.46. The number of nitrogens with two attached hydrogens (primary N) is 1. The molecule has 0 saturated carbocycles. The second kappa shape index (κ2) is 6.75. The first kappa shape index (κ1) is 15.8. The summed E-state index contributed by atoms with van der Waals surface area (Å²) in [5, 5.41) is 8.95. The summed E-state index contributed by atoms with van der Waals surface area (Å²) in [6, 6.07) is 0. The summed E-state index contributed by atoms with van der Waals surface area (Å²) in [4.78, 5) is 31.7. The van der Waals surface area contributed by atoms with Gasteiger partial charge in [-0.05, 0) is 0 Å². The molecule has 0 amide bonds. The molecule has 1 rings (SSSR count). The average molecular weight is 295 g/mol. The maximum absolute atomic E-state index is 11.4. The summed E-state index contributed by atoms with van der Waals surface area (Å²) in [5.74, 6) is -0.0615. The zero-order valence-electron chi connectivity index (χ0n) is 9.80. The molecule has 0 aliphatic carbocycles. The van der Waals surface area contributed by atoms with E-state index >= 15 is 0 Å². The van der Waals surface area contributed by atoms with Crippen LogP contribution in [0.25, 0.3) is 0 Å². The Labute approximate surface area is 107 Å². The molecular formula is C8H14N3O7P. The number of hydrogen-bond acceptors (Lipinski definition) is 7. The molecule has 0 bridgehead atoms. The molecule has 19 heavy (non-hydrogen) atoms. The van der Waals surface area contributed by atoms with Gasteiger partial charge in [-0.25, -0.2) is 9.36 Å². The highest BCUT2D eigenvalue weighted by Gasteiger charge is 2.12. The van der Waals surface area contributed by atoms with Crippen LogP contribution in [0.1, 0.15) is 5.56 Å². The molecule has 11 heteroatoms. The standard InChI is InChI=1S/C8H14N3O7P/c9-7-6(4-12)3-11(8(13)10-7)5-17-1-2-18-19(14,15)16/h3,12H,1-2,4-5H2,(H2,9,10,13)(H2,14,15,16). The van der Waals surface area contributed by atoms with Crippen LogP contribution in [0.15, 0.2) is 11.0 Å². The molecule has 1 aromatic rings. The monoisotopic (exact) mass is 295 g/mol. The Morgan fingerprint density at radius 1 is 1.42 bits per heavy atom. The van der Waals surface area contributed by atoms with Gasteiger partial charge in [-0.1, -0.05) is 0 Å². The summed E-state index contributed by atoms with van der Waals surface area (Å²) in [6.45, 7) is -1.03. The van der Waals surface area contributed by atoms with E-state index in [1.807, 2.05) is 0 Å². The molecule has 10 nitrogen and oxygen atoms in total. The van der Waals surface area contributed by atoms with Gasteiger partial charge in [0.2, 0.25) is 0 Å². The van der Waals surface area contributed by atoms with Gasteiger partial charge in [0.05, 0.1) is 19.8 Å². The zero-order chi connectivity index (χ0) is 14.5. The summed E-state index contributed by atoms with van der Waals surface area (Å²) < 4.78 is 20.5. The number of phosphoric ester groups is 1. The van der Waals surface area contributed by atoms with Gasteiger partial charge < -0.3 is 25.4 Å². The molecule has 0 aromatic carbocycles. The third-order valence-electron chi connectivity index (χ3n) is 1.99. The van der Waals surface area contributed by atoms with E-state index in [2.05, 4.69) is 9.51 Å². The van der Waals surface area contributed by atoms with Crippen molar-refractivity contribution in [2.24, 2.45) is 0 Å². The molecule has 0 unspecified atom stereocenters. The highest BCUT2D eigenvalue weighted by atomic mass is 31.2. The minimum absolute atomic E-state index is 0.0615. The first-order chi connectivity index (χ1) is 8.83.